The van der Waals surface area contributed by atoms with Gasteiger partial charge in [0, 0.05) is 24.8 Å². The second-order valence-electron chi connectivity index (χ2n) is 5.51. The largest absolute Gasteiger partial charge is 0.396 e. The Hall–Kier alpha value is -1.56. The number of aromatic nitrogens is 2. The molecular weight excluding hydrogens is 244 g/mol. The molecule has 2 fully saturated rings. The summed E-state index contributed by atoms with van der Waals surface area (Å²) in [5, 5.41) is 14.0. The van der Waals surface area contributed by atoms with Crippen molar-refractivity contribution in [2.24, 2.45) is 0 Å². The minimum Gasteiger partial charge on any atom is -0.396 e. The standard InChI is InChI=1S/C13H20N4O2/c1-2-16-7-11(14)12(15-16)13(19)17-8-3-4-9(17)6-10(18)5-8/h7-10,18H,2-6,14H2,1H3. The highest BCUT2D eigenvalue weighted by Crippen LogP contribution is 2.37. The van der Waals surface area contributed by atoms with Crippen molar-refractivity contribution in [2.75, 3.05) is 5.73 Å². The average molecular weight is 264 g/mol. The Balaban J connectivity index is 1.86. The minimum atomic E-state index is -0.271. The first-order valence-corrected chi connectivity index (χ1v) is 6.93. The SMILES string of the molecule is CCn1cc(N)c(C(=O)N2C3CCC2CC(O)C3)n1. The summed E-state index contributed by atoms with van der Waals surface area (Å²) in [5.74, 6) is -0.0795. The van der Waals surface area contributed by atoms with Crippen LogP contribution in [0.5, 0.6) is 0 Å². The maximum Gasteiger partial charge on any atom is 0.277 e. The molecule has 2 aliphatic rings. The Morgan fingerprint density at radius 2 is 2.11 bits per heavy atom. The van der Waals surface area contributed by atoms with Crippen molar-refractivity contribution in [1.29, 1.82) is 0 Å². The van der Waals surface area contributed by atoms with Gasteiger partial charge in [0.05, 0.1) is 11.8 Å². The number of anilines is 1. The van der Waals surface area contributed by atoms with Gasteiger partial charge in [0.2, 0.25) is 0 Å². The molecule has 2 aliphatic heterocycles. The van der Waals surface area contributed by atoms with Crippen molar-refractivity contribution < 1.29 is 9.90 Å². The number of aliphatic hydroxyl groups is 1. The van der Waals surface area contributed by atoms with E-state index in [1.165, 1.54) is 0 Å². The third kappa shape index (κ3) is 2.00. The number of carbonyl (C=O) groups excluding carboxylic acids is 1. The first-order valence-electron chi connectivity index (χ1n) is 6.93. The average Bonchev–Trinajstić information content (AvgIpc) is 2.88. The molecule has 1 amide bonds. The Bertz CT molecular complexity index is 485. The lowest BCUT2D eigenvalue weighted by Crippen LogP contribution is -2.48. The summed E-state index contributed by atoms with van der Waals surface area (Å²) in [6.45, 7) is 2.66. The molecule has 0 radical (unpaired) electrons. The van der Waals surface area contributed by atoms with Crippen LogP contribution in [0.4, 0.5) is 5.69 Å². The van der Waals surface area contributed by atoms with Crippen LogP contribution in [0.1, 0.15) is 43.1 Å². The number of piperidine rings is 1. The zero-order valence-electron chi connectivity index (χ0n) is 11.1. The number of carbonyl (C=O) groups is 1. The lowest BCUT2D eigenvalue weighted by atomic mass is 9.99. The van der Waals surface area contributed by atoms with Crippen LogP contribution in [0.2, 0.25) is 0 Å². The molecule has 1 aromatic rings. The third-order valence-electron chi connectivity index (χ3n) is 4.26. The quantitative estimate of drug-likeness (QED) is 0.820. The van der Waals surface area contributed by atoms with Crippen molar-refractivity contribution in [3.8, 4) is 0 Å². The van der Waals surface area contributed by atoms with Gasteiger partial charge in [-0.25, -0.2) is 0 Å². The zero-order valence-corrected chi connectivity index (χ0v) is 11.1. The molecule has 3 heterocycles. The summed E-state index contributed by atoms with van der Waals surface area (Å²) in [5.41, 5.74) is 6.68. The second kappa shape index (κ2) is 4.52. The molecule has 104 valence electrons. The van der Waals surface area contributed by atoms with Crippen molar-refractivity contribution in [2.45, 2.75) is 57.3 Å². The molecule has 0 saturated carbocycles. The fourth-order valence-corrected chi connectivity index (χ4v) is 3.37. The topological polar surface area (TPSA) is 84.4 Å². The lowest BCUT2D eigenvalue weighted by Gasteiger charge is -2.36. The molecule has 2 unspecified atom stereocenters. The Morgan fingerprint density at radius 3 is 2.63 bits per heavy atom. The number of hydrogen-bond acceptors (Lipinski definition) is 4. The molecule has 2 atom stereocenters. The van der Waals surface area contributed by atoms with E-state index in [4.69, 9.17) is 5.73 Å². The van der Waals surface area contributed by atoms with Gasteiger partial charge in [-0.15, -0.1) is 0 Å². The van der Waals surface area contributed by atoms with Crippen molar-refractivity contribution in [3.05, 3.63) is 11.9 Å². The van der Waals surface area contributed by atoms with E-state index in [2.05, 4.69) is 5.10 Å². The van der Waals surface area contributed by atoms with Gasteiger partial charge in [0.1, 0.15) is 0 Å². The smallest absolute Gasteiger partial charge is 0.277 e. The fourth-order valence-electron chi connectivity index (χ4n) is 3.37. The number of nitrogens with two attached hydrogens (primary N) is 1. The maximum atomic E-state index is 12.6. The molecule has 19 heavy (non-hydrogen) atoms. The van der Waals surface area contributed by atoms with Crippen LogP contribution >= 0.6 is 0 Å². The van der Waals surface area contributed by atoms with Crippen LogP contribution in [-0.2, 0) is 6.54 Å². The van der Waals surface area contributed by atoms with Crippen molar-refractivity contribution in [3.63, 3.8) is 0 Å². The summed E-state index contributed by atoms with van der Waals surface area (Å²) < 4.78 is 1.68. The van der Waals surface area contributed by atoms with Gasteiger partial charge in [-0.1, -0.05) is 0 Å². The van der Waals surface area contributed by atoms with Gasteiger partial charge < -0.3 is 15.7 Å². The van der Waals surface area contributed by atoms with Crippen molar-refractivity contribution >= 4 is 11.6 Å². The van der Waals surface area contributed by atoms with Gasteiger partial charge in [-0.3, -0.25) is 9.48 Å². The van der Waals surface area contributed by atoms with E-state index in [-0.39, 0.29) is 24.1 Å². The predicted molar refractivity (Wildman–Crippen MR) is 70.5 cm³/mol. The van der Waals surface area contributed by atoms with Crippen LogP contribution in [0, 0.1) is 0 Å². The minimum absolute atomic E-state index is 0.0795. The van der Waals surface area contributed by atoms with Crippen LogP contribution in [0.15, 0.2) is 6.20 Å². The molecule has 6 nitrogen and oxygen atoms in total. The molecule has 3 N–H and O–H groups in total. The van der Waals surface area contributed by atoms with Gasteiger partial charge in [-0.05, 0) is 32.6 Å². The number of aliphatic hydroxyl groups excluding tert-OH is 1. The Labute approximate surface area is 112 Å². The normalized spacial score (nSPS) is 29.8. The van der Waals surface area contributed by atoms with E-state index in [0.717, 1.165) is 12.8 Å². The highest BCUT2D eigenvalue weighted by Gasteiger charge is 2.43. The van der Waals surface area contributed by atoms with Gasteiger partial charge >= 0.3 is 0 Å². The summed E-state index contributed by atoms with van der Waals surface area (Å²) in [6.07, 6.45) is 4.73. The third-order valence-corrected chi connectivity index (χ3v) is 4.26. The number of amides is 1. The summed E-state index contributed by atoms with van der Waals surface area (Å²) in [7, 11) is 0. The van der Waals surface area contributed by atoms with E-state index in [1.807, 2.05) is 11.8 Å². The van der Waals surface area contributed by atoms with Crippen molar-refractivity contribution in [1.82, 2.24) is 14.7 Å². The molecule has 0 aliphatic carbocycles. The van der Waals surface area contributed by atoms with E-state index in [9.17, 15) is 9.90 Å². The second-order valence-corrected chi connectivity index (χ2v) is 5.51. The zero-order chi connectivity index (χ0) is 13.6. The summed E-state index contributed by atoms with van der Waals surface area (Å²) in [4.78, 5) is 14.5. The first kappa shape index (κ1) is 12.5. The molecule has 6 heteroatoms. The molecule has 0 spiro atoms. The highest BCUT2D eigenvalue weighted by atomic mass is 16.3. The number of rotatable bonds is 2. The Kier molecular flexibility index (Phi) is 2.97. The van der Waals surface area contributed by atoms with E-state index < -0.39 is 0 Å². The number of nitrogen functional groups attached to an aromatic ring is 1. The van der Waals surface area contributed by atoms with Crippen LogP contribution in [0.25, 0.3) is 0 Å². The molecule has 0 aromatic carbocycles. The van der Waals surface area contributed by atoms with Gasteiger partial charge in [0.25, 0.3) is 5.91 Å². The molecule has 2 bridgehead atoms. The lowest BCUT2D eigenvalue weighted by molar-refractivity contribution is 0.0283. The maximum absolute atomic E-state index is 12.6. The van der Waals surface area contributed by atoms with Crippen LogP contribution < -0.4 is 5.73 Å². The van der Waals surface area contributed by atoms with Crippen LogP contribution in [0.3, 0.4) is 0 Å². The predicted octanol–water partition coefficient (Wildman–Crippen LogP) is 0.613. The number of hydrogen-bond donors (Lipinski definition) is 2. The van der Waals surface area contributed by atoms with E-state index >= 15 is 0 Å². The number of nitrogens with zero attached hydrogens (tertiary/aromatic N) is 3. The Morgan fingerprint density at radius 1 is 1.47 bits per heavy atom. The van der Waals surface area contributed by atoms with E-state index in [0.29, 0.717) is 30.8 Å². The van der Waals surface area contributed by atoms with E-state index in [1.54, 1.807) is 10.9 Å². The monoisotopic (exact) mass is 264 g/mol. The van der Waals surface area contributed by atoms with Crippen LogP contribution in [-0.4, -0.2) is 43.9 Å². The number of aryl methyl sites for hydroxylation is 1. The first-order chi connectivity index (χ1) is 9.10. The molecular formula is C13H20N4O2. The summed E-state index contributed by atoms with van der Waals surface area (Å²) >= 11 is 0. The molecule has 2 saturated heterocycles. The van der Waals surface area contributed by atoms with Gasteiger partial charge in [0.15, 0.2) is 5.69 Å². The summed E-state index contributed by atoms with van der Waals surface area (Å²) in [6, 6.07) is 0.292. The highest BCUT2D eigenvalue weighted by molar-refractivity contribution is 5.97. The fraction of sp³-hybridized carbons (Fsp3) is 0.692. The van der Waals surface area contributed by atoms with Gasteiger partial charge in [-0.2, -0.15) is 5.10 Å². The molecule has 3 rings (SSSR count). The molecule has 1 aromatic heterocycles. The number of fused-ring (bicyclic) bond motifs is 2.